The van der Waals surface area contributed by atoms with Crippen LogP contribution in [-0.2, 0) is 47.7 Å². The second-order valence-electron chi connectivity index (χ2n) is 19.6. The normalized spacial score (nSPS) is 40.4. The molecule has 3 N–H and O–H groups in total. The molecule has 0 aromatic carbocycles. The summed E-state index contributed by atoms with van der Waals surface area (Å²) in [5.41, 5.74) is 1.27. The average molecular weight is 914 g/mol. The van der Waals surface area contributed by atoms with Gasteiger partial charge in [-0.1, -0.05) is 71.1 Å². The molecule has 1 aliphatic carbocycles. The molecule has 1 saturated carbocycles. The SMILES string of the molecule is CO[C@H]1C[C@@H]2CC[C@@H](C)[C@@](O)(O2)C(=O)C(=O)N2CCCC[C@H]2C(=O)OC([C@H](C)C[C@@H]2CC[C@@H](O)[C@H](OC)C2)CC(=O)[C@H](C)/C=C(\C)[C@@H](O)[C@@H](OC)C(=O)[C@H](C)C[C@H](C)\C=C/C=C/C=C/1C. The van der Waals surface area contributed by atoms with Crippen LogP contribution in [0.4, 0.5) is 0 Å². The number of carbonyl (C=O) groups excluding carboxylic acids is 5. The molecule has 2 bridgehead atoms. The Hall–Kier alpha value is -3.37. The Kier molecular flexibility index (Phi) is 21.0. The number of piperidine rings is 1. The summed E-state index contributed by atoms with van der Waals surface area (Å²) in [6, 6.07) is -1.14. The number of carbonyl (C=O) groups is 5. The van der Waals surface area contributed by atoms with E-state index in [4.69, 9.17) is 23.7 Å². The van der Waals surface area contributed by atoms with Crippen LogP contribution in [0.25, 0.3) is 0 Å². The van der Waals surface area contributed by atoms with Crippen LogP contribution in [0.2, 0.25) is 0 Å². The zero-order valence-corrected chi connectivity index (χ0v) is 40.6. The third-order valence-corrected chi connectivity index (χ3v) is 14.5. The number of amides is 1. The summed E-state index contributed by atoms with van der Waals surface area (Å²) in [7, 11) is 4.52. The van der Waals surface area contributed by atoms with Gasteiger partial charge in [0.15, 0.2) is 5.78 Å². The monoisotopic (exact) mass is 914 g/mol. The maximum Gasteiger partial charge on any atom is 0.329 e. The van der Waals surface area contributed by atoms with Crippen LogP contribution in [0.1, 0.15) is 126 Å². The van der Waals surface area contributed by atoms with Gasteiger partial charge in [0.25, 0.3) is 11.7 Å². The average Bonchev–Trinajstić information content (AvgIpc) is 3.28. The molecule has 14 heteroatoms. The molecule has 4 rings (SSSR count). The molecule has 0 spiro atoms. The molecule has 2 saturated heterocycles. The van der Waals surface area contributed by atoms with Crippen molar-refractivity contribution in [2.45, 2.75) is 180 Å². The summed E-state index contributed by atoms with van der Waals surface area (Å²) in [6.07, 6.45) is 11.2. The van der Waals surface area contributed by atoms with Crippen LogP contribution in [0.3, 0.4) is 0 Å². The van der Waals surface area contributed by atoms with Crippen LogP contribution in [0.15, 0.2) is 47.6 Å². The van der Waals surface area contributed by atoms with Crippen molar-refractivity contribution in [3.63, 3.8) is 0 Å². The van der Waals surface area contributed by atoms with E-state index in [1.807, 2.05) is 58.1 Å². The van der Waals surface area contributed by atoms with E-state index in [2.05, 4.69) is 0 Å². The van der Waals surface area contributed by atoms with Crippen molar-refractivity contribution in [2.75, 3.05) is 27.9 Å². The van der Waals surface area contributed by atoms with Crippen molar-refractivity contribution in [1.29, 1.82) is 0 Å². The Morgan fingerprint density at radius 3 is 2.25 bits per heavy atom. The molecule has 3 fully saturated rings. The van der Waals surface area contributed by atoms with Crippen molar-refractivity contribution < 1.29 is 63.0 Å². The third kappa shape index (κ3) is 14.3. The van der Waals surface area contributed by atoms with Gasteiger partial charge in [0.05, 0.1) is 24.4 Å². The van der Waals surface area contributed by atoms with Gasteiger partial charge >= 0.3 is 5.97 Å². The standard InChI is InChI=1S/C51H79NO13/c1-30-16-12-11-13-17-31(2)42(61-8)28-38-21-19-36(7)51(60,65-38)48(57)49(58)52-23-15-14-18-39(52)50(59)64-43(33(4)26-37-20-22-40(53)44(27-37)62-9)29-41(54)32(3)25-35(6)46(56)47(63-10)45(55)34(5)24-30/h11-13,16-17,25,30,32-34,36-40,42-44,46-47,53,56,60H,14-15,18-24,26-29H2,1-10H3/b13-11+,16-12-,31-17+,35-25+/t30-,32-,33-,34-,36-,37+,38+,39+,40-,42+,43?,44-,46-,47+,51-/m1/s1. The Labute approximate surface area is 387 Å². The molecule has 0 aromatic heterocycles. The van der Waals surface area contributed by atoms with Gasteiger partial charge < -0.3 is 43.9 Å². The van der Waals surface area contributed by atoms with E-state index < -0.39 is 83.9 Å². The van der Waals surface area contributed by atoms with E-state index in [-0.39, 0.29) is 54.8 Å². The van der Waals surface area contributed by atoms with E-state index in [1.165, 1.54) is 12.0 Å². The number of methoxy groups -OCH3 is 3. The number of rotatable bonds is 6. The van der Waals surface area contributed by atoms with Crippen LogP contribution >= 0.6 is 0 Å². The number of allylic oxidation sites excluding steroid dienone is 6. The number of hydrogen-bond acceptors (Lipinski definition) is 13. The van der Waals surface area contributed by atoms with Crippen LogP contribution < -0.4 is 0 Å². The van der Waals surface area contributed by atoms with E-state index in [1.54, 1.807) is 41.1 Å². The summed E-state index contributed by atoms with van der Waals surface area (Å²) >= 11 is 0. The van der Waals surface area contributed by atoms with E-state index in [9.17, 15) is 39.3 Å². The quantitative estimate of drug-likeness (QED) is 0.156. The van der Waals surface area contributed by atoms with Crippen molar-refractivity contribution >= 4 is 29.2 Å². The first-order valence-electron chi connectivity index (χ1n) is 23.9. The molecule has 3 heterocycles. The number of Topliss-reactive ketones (excluding diaryl/α,β-unsaturated/α-hetero) is 3. The number of ketones is 3. The molecular formula is C51H79NO13. The molecule has 366 valence electrons. The molecule has 0 aromatic rings. The van der Waals surface area contributed by atoms with Gasteiger partial charge in [0, 0.05) is 58.5 Å². The number of ether oxygens (including phenoxy) is 5. The Bertz CT molecular complexity index is 1760. The van der Waals surface area contributed by atoms with Crippen molar-refractivity contribution in [2.24, 2.45) is 35.5 Å². The lowest BCUT2D eigenvalue weighted by molar-refractivity contribution is -0.265. The minimum atomic E-state index is -2.43. The van der Waals surface area contributed by atoms with E-state index in [0.29, 0.717) is 63.4 Å². The summed E-state index contributed by atoms with van der Waals surface area (Å²) < 4.78 is 29.4. The second kappa shape index (κ2) is 25.1. The number of hydrogen-bond donors (Lipinski definition) is 3. The predicted octanol–water partition coefficient (Wildman–Crippen LogP) is 6.18. The second-order valence-corrected chi connectivity index (χ2v) is 19.6. The van der Waals surface area contributed by atoms with E-state index in [0.717, 1.165) is 12.0 Å². The van der Waals surface area contributed by atoms with Crippen LogP contribution in [0.5, 0.6) is 0 Å². The predicted molar refractivity (Wildman–Crippen MR) is 245 cm³/mol. The van der Waals surface area contributed by atoms with Gasteiger partial charge in [-0.25, -0.2) is 4.79 Å². The van der Waals surface area contributed by atoms with Gasteiger partial charge in [0.1, 0.15) is 30.1 Å². The first-order valence-corrected chi connectivity index (χ1v) is 23.9. The van der Waals surface area contributed by atoms with Gasteiger partial charge in [-0.3, -0.25) is 19.2 Å². The number of aliphatic hydroxyl groups is 3. The van der Waals surface area contributed by atoms with Crippen molar-refractivity contribution in [1.82, 2.24) is 4.90 Å². The fraction of sp³-hybridized carbons (Fsp3) is 0.745. The maximum absolute atomic E-state index is 14.4. The van der Waals surface area contributed by atoms with Crippen LogP contribution in [0, 0.1) is 35.5 Å². The molecule has 3 aliphatic heterocycles. The summed E-state index contributed by atoms with van der Waals surface area (Å²) in [5, 5.41) is 33.8. The van der Waals surface area contributed by atoms with Crippen molar-refractivity contribution in [3.8, 4) is 0 Å². The first-order chi connectivity index (χ1) is 30.7. The third-order valence-electron chi connectivity index (χ3n) is 14.5. The number of esters is 1. The molecular weight excluding hydrogens is 835 g/mol. The minimum Gasteiger partial charge on any atom is -0.460 e. The maximum atomic E-state index is 14.4. The summed E-state index contributed by atoms with van der Waals surface area (Å²) in [4.78, 5) is 71.8. The number of nitrogens with zero attached hydrogens (tertiary/aromatic N) is 1. The smallest absolute Gasteiger partial charge is 0.329 e. The highest BCUT2D eigenvalue weighted by molar-refractivity contribution is 6.39. The largest absolute Gasteiger partial charge is 0.460 e. The Morgan fingerprint density at radius 1 is 0.846 bits per heavy atom. The van der Waals surface area contributed by atoms with Gasteiger partial charge in [-0.05, 0) is 107 Å². The fourth-order valence-corrected chi connectivity index (χ4v) is 10.1. The van der Waals surface area contributed by atoms with Crippen molar-refractivity contribution in [3.05, 3.63) is 47.6 Å². The first kappa shape index (κ1) is 54.2. The minimum absolute atomic E-state index is 0.0193. The lowest BCUT2D eigenvalue weighted by Gasteiger charge is -2.42. The highest BCUT2D eigenvalue weighted by Crippen LogP contribution is 2.38. The highest BCUT2D eigenvalue weighted by atomic mass is 16.6. The summed E-state index contributed by atoms with van der Waals surface area (Å²) in [6.45, 7) is 12.7. The zero-order valence-electron chi connectivity index (χ0n) is 40.6. The topological polar surface area (TPSA) is 195 Å². The number of aliphatic hydroxyl groups excluding tert-OH is 2. The molecule has 1 amide bonds. The number of fused-ring (bicyclic) bond motifs is 3. The molecule has 0 radical (unpaired) electrons. The summed E-state index contributed by atoms with van der Waals surface area (Å²) in [5.74, 6) is -7.96. The van der Waals surface area contributed by atoms with Gasteiger partial charge in [-0.2, -0.15) is 0 Å². The van der Waals surface area contributed by atoms with Crippen LogP contribution in [-0.4, -0.2) is 132 Å². The number of cyclic esters (lactones) is 1. The molecule has 14 nitrogen and oxygen atoms in total. The van der Waals surface area contributed by atoms with E-state index >= 15 is 0 Å². The van der Waals surface area contributed by atoms with Gasteiger partial charge in [0.2, 0.25) is 5.79 Å². The highest BCUT2D eigenvalue weighted by Gasteiger charge is 2.53. The van der Waals surface area contributed by atoms with Gasteiger partial charge in [-0.15, -0.1) is 0 Å². The molecule has 4 aliphatic rings. The fourth-order valence-electron chi connectivity index (χ4n) is 10.1. The lowest BCUT2D eigenvalue weighted by Crippen LogP contribution is -2.61. The molecule has 1 unspecified atom stereocenters. The Balaban J connectivity index is 1.70. The lowest BCUT2D eigenvalue weighted by atomic mass is 9.78. The zero-order chi connectivity index (χ0) is 48.2. The molecule has 65 heavy (non-hydrogen) atoms. The molecule has 15 atom stereocenters. The Morgan fingerprint density at radius 2 is 1.57 bits per heavy atom.